The van der Waals surface area contributed by atoms with E-state index in [2.05, 4.69) is 11.2 Å². The number of nitrogens with zero attached hydrogens (tertiary/aromatic N) is 1. The molecule has 1 atom stereocenters. The second-order valence-corrected chi connectivity index (χ2v) is 3.73. The average molecular weight is 165 g/mol. The first-order valence-corrected chi connectivity index (χ1v) is 4.83. The van der Waals surface area contributed by atoms with Crippen molar-refractivity contribution in [2.24, 2.45) is 11.1 Å². The van der Waals surface area contributed by atoms with E-state index in [0.717, 1.165) is 12.1 Å². The lowest BCUT2D eigenvalue weighted by Gasteiger charge is -2.28. The van der Waals surface area contributed by atoms with Crippen LogP contribution in [0, 0.1) is 5.92 Å². The summed E-state index contributed by atoms with van der Waals surface area (Å²) in [7, 11) is 0. The first-order valence-electron chi connectivity index (χ1n) is 4.83. The number of hydrogen-bond acceptors (Lipinski definition) is 2. The third kappa shape index (κ3) is 1.26. The number of hydrogen-bond donors (Lipinski definition) is 1. The van der Waals surface area contributed by atoms with Crippen molar-refractivity contribution in [3.63, 3.8) is 0 Å². The van der Waals surface area contributed by atoms with Crippen molar-refractivity contribution in [1.82, 2.24) is 0 Å². The Morgan fingerprint density at radius 1 is 1.33 bits per heavy atom. The minimum absolute atomic E-state index is 0.707. The molecule has 0 bridgehead atoms. The second-order valence-electron chi connectivity index (χ2n) is 3.73. The van der Waals surface area contributed by atoms with Crippen molar-refractivity contribution in [2.45, 2.75) is 38.5 Å². The summed E-state index contributed by atoms with van der Waals surface area (Å²) >= 11 is 0. The van der Waals surface area contributed by atoms with Gasteiger partial charge in [0.2, 0.25) is 0 Å². The van der Waals surface area contributed by atoms with Gasteiger partial charge in [0, 0.05) is 0 Å². The van der Waals surface area contributed by atoms with Gasteiger partial charge in [-0.15, -0.1) is 0 Å². The molecule has 2 nitrogen and oxygen atoms in total. The van der Waals surface area contributed by atoms with Crippen molar-refractivity contribution < 1.29 is 5.21 Å². The van der Waals surface area contributed by atoms with Crippen LogP contribution < -0.4 is 0 Å². The lowest BCUT2D eigenvalue weighted by Crippen LogP contribution is -2.21. The molecule has 0 saturated heterocycles. The van der Waals surface area contributed by atoms with Crippen LogP contribution in [0.5, 0.6) is 0 Å². The standard InChI is InChI=1S/C10H15NO/c12-11-10-7-3-5-8-4-1-2-6-9(8)10/h6,8,12H,1-5,7H2. The molecule has 1 saturated carbocycles. The van der Waals surface area contributed by atoms with Crippen LogP contribution in [-0.2, 0) is 0 Å². The summed E-state index contributed by atoms with van der Waals surface area (Å²) in [5.74, 6) is 0.707. The molecule has 2 aliphatic rings. The second kappa shape index (κ2) is 3.30. The number of rotatable bonds is 0. The van der Waals surface area contributed by atoms with Crippen LogP contribution in [0.3, 0.4) is 0 Å². The molecular weight excluding hydrogens is 150 g/mol. The highest BCUT2D eigenvalue weighted by Gasteiger charge is 2.25. The Kier molecular flexibility index (Phi) is 2.15. The quantitative estimate of drug-likeness (QED) is 0.434. The molecule has 2 heteroatoms. The maximum Gasteiger partial charge on any atom is 0.0827 e. The van der Waals surface area contributed by atoms with E-state index in [4.69, 9.17) is 5.21 Å². The van der Waals surface area contributed by atoms with E-state index in [-0.39, 0.29) is 0 Å². The van der Waals surface area contributed by atoms with E-state index in [9.17, 15) is 0 Å². The molecule has 0 amide bonds. The molecule has 66 valence electrons. The summed E-state index contributed by atoms with van der Waals surface area (Å²) in [6.07, 6.45) is 9.51. The predicted octanol–water partition coefficient (Wildman–Crippen LogP) is 2.73. The molecule has 0 aromatic heterocycles. The summed E-state index contributed by atoms with van der Waals surface area (Å²) in [4.78, 5) is 0. The summed E-state index contributed by atoms with van der Waals surface area (Å²) in [5, 5.41) is 12.2. The molecule has 1 fully saturated rings. The highest BCUT2D eigenvalue weighted by molar-refractivity contribution is 6.00. The summed E-state index contributed by atoms with van der Waals surface area (Å²) < 4.78 is 0. The van der Waals surface area contributed by atoms with Crippen LogP contribution in [0.15, 0.2) is 16.8 Å². The SMILES string of the molecule is ON=C1CCCC2CCCC=C12. The van der Waals surface area contributed by atoms with Gasteiger partial charge in [0.05, 0.1) is 5.71 Å². The van der Waals surface area contributed by atoms with Crippen molar-refractivity contribution in [1.29, 1.82) is 0 Å². The normalized spacial score (nSPS) is 32.8. The fourth-order valence-electron chi connectivity index (χ4n) is 2.37. The molecule has 0 spiro atoms. The molecule has 0 aliphatic heterocycles. The molecule has 1 unspecified atom stereocenters. The molecule has 12 heavy (non-hydrogen) atoms. The first kappa shape index (κ1) is 7.84. The lowest BCUT2D eigenvalue weighted by atomic mass is 9.77. The Bertz CT molecular complexity index is 230. The topological polar surface area (TPSA) is 32.6 Å². The van der Waals surface area contributed by atoms with Gasteiger partial charge in [0.1, 0.15) is 0 Å². The molecule has 0 aromatic rings. The smallest absolute Gasteiger partial charge is 0.0827 e. The fourth-order valence-corrected chi connectivity index (χ4v) is 2.37. The molecule has 0 heterocycles. The van der Waals surface area contributed by atoms with Crippen LogP contribution in [-0.4, -0.2) is 10.9 Å². The first-order chi connectivity index (χ1) is 5.92. The van der Waals surface area contributed by atoms with Gasteiger partial charge < -0.3 is 5.21 Å². The molecule has 0 radical (unpaired) electrons. The van der Waals surface area contributed by atoms with Gasteiger partial charge >= 0.3 is 0 Å². The molecule has 1 N–H and O–H groups in total. The van der Waals surface area contributed by atoms with Gasteiger partial charge in [-0.1, -0.05) is 11.2 Å². The number of fused-ring (bicyclic) bond motifs is 1. The Balaban J connectivity index is 2.24. The van der Waals surface area contributed by atoms with E-state index >= 15 is 0 Å². The summed E-state index contributed by atoms with van der Waals surface area (Å²) in [6, 6.07) is 0. The van der Waals surface area contributed by atoms with Crippen LogP contribution in [0.1, 0.15) is 38.5 Å². The maximum absolute atomic E-state index is 8.78. The highest BCUT2D eigenvalue weighted by Crippen LogP contribution is 2.34. The number of oxime groups is 1. The third-order valence-electron chi connectivity index (χ3n) is 2.98. The van der Waals surface area contributed by atoms with Crippen LogP contribution >= 0.6 is 0 Å². The maximum atomic E-state index is 8.78. The van der Waals surface area contributed by atoms with Gasteiger partial charge in [0.15, 0.2) is 0 Å². The van der Waals surface area contributed by atoms with Crippen molar-refractivity contribution in [3.8, 4) is 0 Å². The Hall–Kier alpha value is -0.790. The Morgan fingerprint density at radius 3 is 3.00 bits per heavy atom. The van der Waals surface area contributed by atoms with Gasteiger partial charge in [-0.25, -0.2) is 0 Å². The molecular formula is C10H15NO. The minimum atomic E-state index is 0.707. The van der Waals surface area contributed by atoms with Crippen LogP contribution in [0.4, 0.5) is 0 Å². The zero-order valence-electron chi connectivity index (χ0n) is 7.29. The molecule has 2 rings (SSSR count). The van der Waals surface area contributed by atoms with Crippen LogP contribution in [0.2, 0.25) is 0 Å². The van der Waals surface area contributed by atoms with Crippen molar-refractivity contribution in [3.05, 3.63) is 11.6 Å². The van der Waals surface area contributed by atoms with Gasteiger partial charge in [-0.2, -0.15) is 0 Å². The Morgan fingerprint density at radius 2 is 2.17 bits per heavy atom. The summed E-state index contributed by atoms with van der Waals surface area (Å²) in [5.41, 5.74) is 2.29. The summed E-state index contributed by atoms with van der Waals surface area (Å²) in [6.45, 7) is 0. The van der Waals surface area contributed by atoms with Crippen LogP contribution in [0.25, 0.3) is 0 Å². The third-order valence-corrected chi connectivity index (χ3v) is 2.98. The fraction of sp³-hybridized carbons (Fsp3) is 0.700. The minimum Gasteiger partial charge on any atom is -0.411 e. The monoisotopic (exact) mass is 165 g/mol. The average Bonchev–Trinajstić information content (AvgIpc) is 2.17. The van der Waals surface area contributed by atoms with E-state index in [1.54, 1.807) is 0 Å². The van der Waals surface area contributed by atoms with Gasteiger partial charge in [-0.3, -0.25) is 0 Å². The van der Waals surface area contributed by atoms with Crippen molar-refractivity contribution >= 4 is 5.71 Å². The van der Waals surface area contributed by atoms with Crippen molar-refractivity contribution in [2.75, 3.05) is 0 Å². The van der Waals surface area contributed by atoms with Gasteiger partial charge in [-0.05, 0) is 50.0 Å². The van der Waals surface area contributed by atoms with Gasteiger partial charge in [0.25, 0.3) is 0 Å². The zero-order valence-corrected chi connectivity index (χ0v) is 7.29. The highest BCUT2D eigenvalue weighted by atomic mass is 16.4. The predicted molar refractivity (Wildman–Crippen MR) is 48.5 cm³/mol. The van der Waals surface area contributed by atoms with E-state index < -0.39 is 0 Å². The largest absolute Gasteiger partial charge is 0.411 e. The Labute approximate surface area is 73.0 Å². The van der Waals surface area contributed by atoms with E-state index in [0.29, 0.717) is 5.92 Å². The molecule has 2 aliphatic carbocycles. The van der Waals surface area contributed by atoms with E-state index in [1.807, 2.05) is 0 Å². The van der Waals surface area contributed by atoms with E-state index in [1.165, 1.54) is 37.7 Å². The lowest BCUT2D eigenvalue weighted by molar-refractivity contribution is 0.314. The molecule has 0 aromatic carbocycles. The zero-order chi connectivity index (χ0) is 8.39. The number of allylic oxidation sites excluding steroid dienone is 2.